The number of rotatable bonds is 7. The van der Waals surface area contributed by atoms with Crippen molar-refractivity contribution in [2.75, 3.05) is 29.9 Å². The lowest BCUT2D eigenvalue weighted by atomic mass is 10.3. The molecule has 19 heavy (non-hydrogen) atoms. The van der Waals surface area contributed by atoms with E-state index in [-0.39, 0.29) is 17.8 Å². The molecule has 4 N–H and O–H groups in total. The van der Waals surface area contributed by atoms with Gasteiger partial charge in [-0.2, -0.15) is 15.0 Å². The summed E-state index contributed by atoms with van der Waals surface area (Å²) in [6.45, 7) is 5.28. The van der Waals surface area contributed by atoms with Crippen LogP contribution in [-0.4, -0.2) is 51.7 Å². The number of carbonyl (C=O) groups is 1. The first kappa shape index (κ1) is 15.4. The molecule has 9 heteroatoms. The Kier molecular flexibility index (Phi) is 5.71. The Bertz CT molecular complexity index is 440. The quantitative estimate of drug-likeness (QED) is 0.626. The first-order chi connectivity index (χ1) is 8.97. The molecule has 0 aliphatic rings. The fourth-order valence-electron chi connectivity index (χ4n) is 1.36. The van der Waals surface area contributed by atoms with Gasteiger partial charge < -0.3 is 21.1 Å². The van der Waals surface area contributed by atoms with E-state index >= 15 is 0 Å². The molecule has 1 unspecified atom stereocenters. The zero-order valence-corrected chi connectivity index (χ0v) is 11.6. The van der Waals surface area contributed by atoms with E-state index in [0.29, 0.717) is 5.95 Å². The number of halogens is 1. The van der Waals surface area contributed by atoms with Crippen molar-refractivity contribution < 1.29 is 9.90 Å². The third-order valence-electron chi connectivity index (χ3n) is 2.42. The number of nitrogens with zero attached hydrogens (tertiary/aromatic N) is 4. The molecule has 0 aliphatic heterocycles. The standard InChI is InChI=1S/C10H17ClN6O2/c1-3-17(4-2)10-15-8(11)14-9(16-10)13-5-6(18)7(12)19/h6,18H,3-5H2,1-2H3,(H2,12,19)(H,13,14,15,16). The van der Waals surface area contributed by atoms with Crippen molar-refractivity contribution in [2.45, 2.75) is 20.0 Å². The monoisotopic (exact) mass is 288 g/mol. The number of hydrogen-bond donors (Lipinski definition) is 3. The minimum absolute atomic E-state index is 0.0352. The highest BCUT2D eigenvalue weighted by Gasteiger charge is 2.13. The van der Waals surface area contributed by atoms with Crippen LogP contribution < -0.4 is 16.0 Å². The minimum atomic E-state index is -1.31. The van der Waals surface area contributed by atoms with Gasteiger partial charge in [0, 0.05) is 13.1 Å². The SMILES string of the molecule is CCN(CC)c1nc(Cl)nc(NCC(O)C(N)=O)n1. The highest BCUT2D eigenvalue weighted by Crippen LogP contribution is 2.13. The van der Waals surface area contributed by atoms with Crippen molar-refractivity contribution >= 4 is 29.4 Å². The summed E-state index contributed by atoms with van der Waals surface area (Å²) < 4.78 is 0. The Morgan fingerprint density at radius 3 is 2.58 bits per heavy atom. The molecule has 0 saturated heterocycles. The van der Waals surface area contributed by atoms with Crippen LogP contribution in [0.3, 0.4) is 0 Å². The van der Waals surface area contributed by atoms with Crippen molar-refractivity contribution in [3.05, 3.63) is 5.28 Å². The van der Waals surface area contributed by atoms with Gasteiger partial charge in [0.2, 0.25) is 23.1 Å². The molecular formula is C10H17ClN6O2. The zero-order valence-electron chi connectivity index (χ0n) is 10.8. The number of anilines is 2. The van der Waals surface area contributed by atoms with Crippen LogP contribution >= 0.6 is 11.6 Å². The molecule has 1 amide bonds. The van der Waals surface area contributed by atoms with Gasteiger partial charge in [0.05, 0.1) is 6.54 Å². The molecule has 1 rings (SSSR count). The second kappa shape index (κ2) is 7.05. The number of nitrogens with one attached hydrogen (secondary N) is 1. The van der Waals surface area contributed by atoms with E-state index in [4.69, 9.17) is 17.3 Å². The van der Waals surface area contributed by atoms with E-state index in [1.165, 1.54) is 0 Å². The maximum Gasteiger partial charge on any atom is 0.248 e. The molecule has 0 bridgehead atoms. The van der Waals surface area contributed by atoms with E-state index in [1.807, 2.05) is 18.7 Å². The Balaban J connectivity index is 2.82. The summed E-state index contributed by atoms with van der Waals surface area (Å²) in [5.41, 5.74) is 4.93. The van der Waals surface area contributed by atoms with Gasteiger partial charge in [-0.3, -0.25) is 4.79 Å². The highest BCUT2D eigenvalue weighted by molar-refractivity contribution is 6.28. The number of amides is 1. The number of aliphatic hydroxyl groups excluding tert-OH is 1. The van der Waals surface area contributed by atoms with Crippen molar-refractivity contribution in [1.29, 1.82) is 0 Å². The maximum absolute atomic E-state index is 10.7. The normalized spacial score (nSPS) is 12.0. The van der Waals surface area contributed by atoms with E-state index in [1.54, 1.807) is 0 Å². The molecule has 0 spiro atoms. The Morgan fingerprint density at radius 1 is 1.42 bits per heavy atom. The number of aromatic nitrogens is 3. The summed E-state index contributed by atoms with van der Waals surface area (Å²) in [6.07, 6.45) is -1.31. The number of hydrogen-bond acceptors (Lipinski definition) is 7. The fraction of sp³-hybridized carbons (Fsp3) is 0.600. The third-order valence-corrected chi connectivity index (χ3v) is 2.59. The Morgan fingerprint density at radius 2 is 2.05 bits per heavy atom. The molecule has 0 aromatic carbocycles. The van der Waals surface area contributed by atoms with E-state index in [9.17, 15) is 9.90 Å². The summed E-state index contributed by atoms with van der Waals surface area (Å²) in [6, 6.07) is 0. The highest BCUT2D eigenvalue weighted by atomic mass is 35.5. The van der Waals surface area contributed by atoms with Gasteiger partial charge in [0.25, 0.3) is 0 Å². The molecule has 1 aromatic heterocycles. The van der Waals surface area contributed by atoms with Gasteiger partial charge in [-0.15, -0.1) is 0 Å². The second-order valence-corrected chi connectivity index (χ2v) is 4.04. The van der Waals surface area contributed by atoms with Gasteiger partial charge in [0.15, 0.2) is 0 Å². The molecule has 0 aliphatic carbocycles. The Hall–Kier alpha value is -1.67. The second-order valence-electron chi connectivity index (χ2n) is 3.70. The predicted octanol–water partition coefficient (Wildman–Crippen LogP) is -0.371. The summed E-state index contributed by atoms with van der Waals surface area (Å²) in [5, 5.41) is 12.0. The van der Waals surface area contributed by atoms with Crippen molar-refractivity contribution in [2.24, 2.45) is 5.73 Å². The van der Waals surface area contributed by atoms with Crippen LogP contribution in [0.25, 0.3) is 0 Å². The largest absolute Gasteiger partial charge is 0.381 e. The van der Waals surface area contributed by atoms with Crippen LogP contribution in [0.2, 0.25) is 5.28 Å². The summed E-state index contributed by atoms with van der Waals surface area (Å²) in [5.74, 6) is -0.208. The lowest BCUT2D eigenvalue weighted by Crippen LogP contribution is -2.34. The Labute approximate surface area is 116 Å². The van der Waals surface area contributed by atoms with Crippen LogP contribution in [0.15, 0.2) is 0 Å². The molecule has 0 radical (unpaired) electrons. The van der Waals surface area contributed by atoms with Crippen LogP contribution in [0.1, 0.15) is 13.8 Å². The van der Waals surface area contributed by atoms with Crippen molar-refractivity contribution in [3.63, 3.8) is 0 Å². The molecule has 0 fully saturated rings. The smallest absolute Gasteiger partial charge is 0.248 e. The van der Waals surface area contributed by atoms with Crippen LogP contribution in [0.4, 0.5) is 11.9 Å². The third kappa shape index (κ3) is 4.49. The van der Waals surface area contributed by atoms with E-state index < -0.39 is 12.0 Å². The minimum Gasteiger partial charge on any atom is -0.381 e. The molecule has 8 nitrogen and oxygen atoms in total. The van der Waals surface area contributed by atoms with Crippen molar-refractivity contribution in [1.82, 2.24) is 15.0 Å². The van der Waals surface area contributed by atoms with E-state index in [2.05, 4.69) is 20.3 Å². The van der Waals surface area contributed by atoms with Gasteiger partial charge >= 0.3 is 0 Å². The first-order valence-corrected chi connectivity index (χ1v) is 6.23. The van der Waals surface area contributed by atoms with Crippen molar-refractivity contribution in [3.8, 4) is 0 Å². The topological polar surface area (TPSA) is 117 Å². The number of aliphatic hydroxyl groups is 1. The fourth-order valence-corrected chi connectivity index (χ4v) is 1.51. The lowest BCUT2D eigenvalue weighted by molar-refractivity contribution is -0.125. The van der Waals surface area contributed by atoms with E-state index in [0.717, 1.165) is 13.1 Å². The van der Waals surface area contributed by atoms with Gasteiger partial charge in [-0.25, -0.2) is 0 Å². The average molecular weight is 289 g/mol. The summed E-state index contributed by atoms with van der Waals surface area (Å²) in [7, 11) is 0. The molecule has 0 saturated carbocycles. The molecule has 106 valence electrons. The molecule has 1 aromatic rings. The summed E-state index contributed by atoms with van der Waals surface area (Å²) >= 11 is 5.80. The zero-order chi connectivity index (χ0) is 14.4. The first-order valence-electron chi connectivity index (χ1n) is 5.85. The van der Waals surface area contributed by atoms with Gasteiger partial charge in [-0.05, 0) is 25.4 Å². The number of primary amides is 1. The predicted molar refractivity (Wildman–Crippen MR) is 72.1 cm³/mol. The lowest BCUT2D eigenvalue weighted by Gasteiger charge is -2.19. The average Bonchev–Trinajstić information content (AvgIpc) is 2.36. The summed E-state index contributed by atoms with van der Waals surface area (Å²) in [4.78, 5) is 24.6. The molecule has 1 heterocycles. The maximum atomic E-state index is 10.7. The van der Waals surface area contributed by atoms with Gasteiger partial charge in [0.1, 0.15) is 6.10 Å². The molecule has 1 atom stereocenters. The number of nitrogens with two attached hydrogens (primary N) is 1. The van der Waals surface area contributed by atoms with Crippen LogP contribution in [-0.2, 0) is 4.79 Å². The number of carbonyl (C=O) groups excluding carboxylic acids is 1. The van der Waals surface area contributed by atoms with Crippen LogP contribution in [0, 0.1) is 0 Å². The molecular weight excluding hydrogens is 272 g/mol. The van der Waals surface area contributed by atoms with Gasteiger partial charge in [-0.1, -0.05) is 0 Å². The van der Waals surface area contributed by atoms with Crippen LogP contribution in [0.5, 0.6) is 0 Å².